The summed E-state index contributed by atoms with van der Waals surface area (Å²) in [5.74, 6) is -0.930. The van der Waals surface area contributed by atoms with Gasteiger partial charge >= 0.3 is 17.9 Å². The summed E-state index contributed by atoms with van der Waals surface area (Å²) in [5, 5.41) is 0. The first kappa shape index (κ1) is 60.9. The van der Waals surface area contributed by atoms with Crippen LogP contribution >= 0.6 is 0 Å². The van der Waals surface area contributed by atoms with E-state index >= 15 is 0 Å². The maximum Gasteiger partial charge on any atom is 0.306 e. The van der Waals surface area contributed by atoms with Crippen LogP contribution < -0.4 is 0 Å². The van der Waals surface area contributed by atoms with E-state index in [0.717, 1.165) is 96.3 Å². The van der Waals surface area contributed by atoms with Crippen LogP contribution in [0.15, 0.2) is 72.9 Å². The molecule has 6 heteroatoms. The molecular weight excluding hydrogens is 793 g/mol. The van der Waals surface area contributed by atoms with Crippen molar-refractivity contribution >= 4 is 17.9 Å². The van der Waals surface area contributed by atoms with Crippen LogP contribution in [0.25, 0.3) is 0 Å². The molecule has 0 aliphatic carbocycles. The van der Waals surface area contributed by atoms with Gasteiger partial charge < -0.3 is 14.2 Å². The largest absolute Gasteiger partial charge is 0.462 e. The second-order valence-electron chi connectivity index (χ2n) is 17.8. The van der Waals surface area contributed by atoms with Gasteiger partial charge in [-0.25, -0.2) is 0 Å². The van der Waals surface area contributed by atoms with Gasteiger partial charge in [-0.2, -0.15) is 0 Å². The van der Waals surface area contributed by atoms with Gasteiger partial charge in [-0.1, -0.05) is 216 Å². The third-order valence-electron chi connectivity index (χ3n) is 11.4. The minimum atomic E-state index is -0.794. The standard InChI is InChI=1S/C58H100O6/c1-4-7-10-13-16-19-22-24-26-28-29-30-32-33-36-39-42-45-48-51-57(60)63-54-55(53-62-56(59)50-47-44-41-38-35-21-18-15-12-9-6-3)64-58(61)52-49-46-43-40-37-34-31-27-25-23-20-17-14-11-8-5-2/h7,10,15-16,18-19,24,26-27,31,34,37,55H,4-6,8-9,11-14,17,20-23,25,28-30,32-33,35-36,38-54H2,1-3H3/b10-7-,18-15-,19-16-,26-24-,31-27-,37-34-. The Morgan fingerprint density at radius 3 is 1.12 bits per heavy atom. The Morgan fingerprint density at radius 2 is 0.672 bits per heavy atom. The molecule has 0 aliphatic heterocycles. The van der Waals surface area contributed by atoms with Crippen molar-refractivity contribution in [3.63, 3.8) is 0 Å². The van der Waals surface area contributed by atoms with Crippen molar-refractivity contribution in [3.8, 4) is 0 Å². The summed E-state index contributed by atoms with van der Waals surface area (Å²) in [6.07, 6.45) is 66.0. The van der Waals surface area contributed by atoms with Gasteiger partial charge in [0.05, 0.1) is 0 Å². The average molecular weight is 893 g/mol. The Balaban J connectivity index is 4.39. The molecule has 0 saturated heterocycles. The molecule has 6 nitrogen and oxygen atoms in total. The van der Waals surface area contributed by atoms with Crippen molar-refractivity contribution in [1.82, 2.24) is 0 Å². The van der Waals surface area contributed by atoms with Crippen molar-refractivity contribution in [3.05, 3.63) is 72.9 Å². The number of unbranched alkanes of at least 4 members (excludes halogenated alkanes) is 26. The molecule has 0 fully saturated rings. The summed E-state index contributed by atoms with van der Waals surface area (Å²) < 4.78 is 16.8. The number of hydrogen-bond donors (Lipinski definition) is 0. The van der Waals surface area contributed by atoms with Crippen molar-refractivity contribution in [2.75, 3.05) is 13.2 Å². The third-order valence-corrected chi connectivity index (χ3v) is 11.4. The Labute approximate surface area is 395 Å². The highest BCUT2D eigenvalue weighted by atomic mass is 16.6. The van der Waals surface area contributed by atoms with Crippen molar-refractivity contribution in [2.45, 2.75) is 264 Å². The molecule has 64 heavy (non-hydrogen) atoms. The van der Waals surface area contributed by atoms with Crippen LogP contribution in [0.4, 0.5) is 0 Å². The highest BCUT2D eigenvalue weighted by molar-refractivity contribution is 5.71. The van der Waals surface area contributed by atoms with Crippen LogP contribution in [0.3, 0.4) is 0 Å². The maximum atomic E-state index is 12.8. The minimum Gasteiger partial charge on any atom is -0.462 e. The average Bonchev–Trinajstić information content (AvgIpc) is 3.29. The van der Waals surface area contributed by atoms with Gasteiger partial charge in [0.25, 0.3) is 0 Å². The number of rotatable bonds is 48. The van der Waals surface area contributed by atoms with E-state index in [1.54, 1.807) is 0 Å². The van der Waals surface area contributed by atoms with E-state index in [0.29, 0.717) is 19.3 Å². The molecule has 0 bridgehead atoms. The highest BCUT2D eigenvalue weighted by Gasteiger charge is 2.19. The van der Waals surface area contributed by atoms with E-state index in [1.165, 1.54) is 122 Å². The molecule has 0 heterocycles. The molecule has 0 aliphatic rings. The molecule has 1 unspecified atom stereocenters. The highest BCUT2D eigenvalue weighted by Crippen LogP contribution is 2.14. The van der Waals surface area contributed by atoms with Gasteiger partial charge in [-0.15, -0.1) is 0 Å². The lowest BCUT2D eigenvalue weighted by atomic mass is 10.1. The van der Waals surface area contributed by atoms with Gasteiger partial charge in [0, 0.05) is 19.3 Å². The summed E-state index contributed by atoms with van der Waals surface area (Å²) in [4.78, 5) is 38.0. The van der Waals surface area contributed by atoms with Gasteiger partial charge in [-0.3, -0.25) is 14.4 Å². The van der Waals surface area contributed by atoms with Crippen LogP contribution in [0, 0.1) is 0 Å². The predicted molar refractivity (Wildman–Crippen MR) is 274 cm³/mol. The number of ether oxygens (including phenoxy) is 3. The summed E-state index contributed by atoms with van der Waals surface area (Å²) in [6.45, 7) is 6.46. The van der Waals surface area contributed by atoms with E-state index in [-0.39, 0.29) is 31.1 Å². The van der Waals surface area contributed by atoms with E-state index < -0.39 is 6.10 Å². The lowest BCUT2D eigenvalue weighted by Gasteiger charge is -2.18. The predicted octanol–water partition coefficient (Wildman–Crippen LogP) is 17.8. The SMILES string of the molecule is CC/C=C\C/C=C\C/C=C\CCCCCCCCCCCC(=O)OCC(COC(=O)CCCCCCC/C=C\CCCC)OC(=O)CCCCC/C=C\C=C/CCCCCCCCC. The zero-order valence-electron chi connectivity index (χ0n) is 42.0. The molecule has 0 N–H and O–H groups in total. The fourth-order valence-electron chi connectivity index (χ4n) is 7.37. The van der Waals surface area contributed by atoms with Crippen LogP contribution in [-0.2, 0) is 28.6 Å². The topological polar surface area (TPSA) is 78.9 Å². The molecular formula is C58H100O6. The zero-order chi connectivity index (χ0) is 46.5. The lowest BCUT2D eigenvalue weighted by Crippen LogP contribution is -2.30. The number of esters is 3. The van der Waals surface area contributed by atoms with Crippen molar-refractivity contribution in [2.24, 2.45) is 0 Å². The third kappa shape index (κ3) is 49.9. The number of allylic oxidation sites excluding steroid dienone is 12. The van der Waals surface area contributed by atoms with E-state index in [2.05, 4.69) is 93.7 Å². The second kappa shape index (κ2) is 52.5. The summed E-state index contributed by atoms with van der Waals surface area (Å²) in [6, 6.07) is 0. The van der Waals surface area contributed by atoms with Gasteiger partial charge in [0.2, 0.25) is 0 Å². The van der Waals surface area contributed by atoms with E-state index in [9.17, 15) is 14.4 Å². The maximum absolute atomic E-state index is 12.8. The Kier molecular flexibility index (Phi) is 49.9. The van der Waals surface area contributed by atoms with Gasteiger partial charge in [0.1, 0.15) is 13.2 Å². The summed E-state index contributed by atoms with van der Waals surface area (Å²) >= 11 is 0. The molecule has 0 aromatic heterocycles. The number of hydrogen-bond acceptors (Lipinski definition) is 6. The molecule has 0 radical (unpaired) electrons. The number of carbonyl (C=O) groups excluding carboxylic acids is 3. The molecule has 0 aromatic carbocycles. The number of carbonyl (C=O) groups is 3. The van der Waals surface area contributed by atoms with Gasteiger partial charge in [-0.05, 0) is 96.3 Å². The fourth-order valence-corrected chi connectivity index (χ4v) is 7.37. The normalized spacial score (nSPS) is 12.6. The quantitative estimate of drug-likeness (QED) is 0.0199. The summed E-state index contributed by atoms with van der Waals surface area (Å²) in [7, 11) is 0. The Morgan fingerprint density at radius 1 is 0.344 bits per heavy atom. The first-order chi connectivity index (χ1) is 31.5. The zero-order valence-corrected chi connectivity index (χ0v) is 42.0. The first-order valence-electron chi connectivity index (χ1n) is 27.0. The monoisotopic (exact) mass is 893 g/mol. The minimum absolute atomic E-state index is 0.0915. The van der Waals surface area contributed by atoms with Crippen LogP contribution in [-0.4, -0.2) is 37.2 Å². The Bertz CT molecular complexity index is 1210. The fraction of sp³-hybridized carbons (Fsp3) is 0.741. The van der Waals surface area contributed by atoms with Crippen LogP contribution in [0.2, 0.25) is 0 Å². The van der Waals surface area contributed by atoms with Crippen molar-refractivity contribution in [1.29, 1.82) is 0 Å². The first-order valence-corrected chi connectivity index (χ1v) is 27.0. The van der Waals surface area contributed by atoms with E-state index in [4.69, 9.17) is 14.2 Å². The van der Waals surface area contributed by atoms with Crippen LogP contribution in [0.1, 0.15) is 258 Å². The smallest absolute Gasteiger partial charge is 0.306 e. The summed E-state index contributed by atoms with van der Waals surface area (Å²) in [5.41, 5.74) is 0. The second-order valence-corrected chi connectivity index (χ2v) is 17.8. The molecule has 1 atom stereocenters. The molecule has 0 amide bonds. The van der Waals surface area contributed by atoms with E-state index in [1.807, 2.05) is 0 Å². The molecule has 368 valence electrons. The van der Waals surface area contributed by atoms with Crippen LogP contribution in [0.5, 0.6) is 0 Å². The van der Waals surface area contributed by atoms with Gasteiger partial charge in [0.15, 0.2) is 6.10 Å². The molecule has 0 aromatic rings. The molecule has 0 spiro atoms. The molecule has 0 saturated carbocycles. The molecule has 0 rings (SSSR count). The Hall–Kier alpha value is -3.15. The van der Waals surface area contributed by atoms with Crippen molar-refractivity contribution < 1.29 is 28.6 Å². The lowest BCUT2D eigenvalue weighted by molar-refractivity contribution is -0.167.